The normalized spacial score (nSPS) is 15.1. The third kappa shape index (κ3) is 7.91. The molecule has 8 heteroatoms. The van der Waals surface area contributed by atoms with E-state index in [0.717, 1.165) is 57.8 Å². The number of guanidine groups is 1. The second kappa shape index (κ2) is 13.0. The summed E-state index contributed by atoms with van der Waals surface area (Å²) in [7, 11) is 4.61. The molecule has 0 radical (unpaired) electrons. The van der Waals surface area contributed by atoms with E-state index in [9.17, 15) is 4.79 Å². The highest BCUT2D eigenvalue weighted by Gasteiger charge is 2.14. The molecule has 29 heavy (non-hydrogen) atoms. The summed E-state index contributed by atoms with van der Waals surface area (Å²) in [5.74, 6) is 1.39. The number of benzene rings is 1. The number of esters is 1. The van der Waals surface area contributed by atoms with Crippen molar-refractivity contribution in [2.45, 2.75) is 25.8 Å². The van der Waals surface area contributed by atoms with Crippen LogP contribution < -0.4 is 15.4 Å². The van der Waals surface area contributed by atoms with E-state index in [4.69, 9.17) is 18.9 Å². The van der Waals surface area contributed by atoms with Crippen LogP contribution in [0.15, 0.2) is 23.2 Å². The lowest BCUT2D eigenvalue weighted by Gasteiger charge is -2.21. The summed E-state index contributed by atoms with van der Waals surface area (Å²) in [6.45, 7) is 4.54. The predicted octanol–water partition coefficient (Wildman–Crippen LogP) is 1.98. The predicted molar refractivity (Wildman–Crippen MR) is 112 cm³/mol. The maximum Gasteiger partial charge on any atom is 0.341 e. The fourth-order valence-corrected chi connectivity index (χ4v) is 3.09. The number of aliphatic imine (C=N–C) groups is 1. The van der Waals surface area contributed by atoms with Gasteiger partial charge >= 0.3 is 5.97 Å². The zero-order valence-electron chi connectivity index (χ0n) is 17.7. The zero-order valence-corrected chi connectivity index (χ0v) is 17.7. The molecular formula is C21H33N3O5. The maximum atomic E-state index is 11.9. The lowest BCUT2D eigenvalue weighted by atomic mass is 10.0. The van der Waals surface area contributed by atoms with Crippen molar-refractivity contribution in [3.8, 4) is 5.75 Å². The van der Waals surface area contributed by atoms with Crippen molar-refractivity contribution in [2.75, 3.05) is 54.2 Å². The molecule has 0 atom stereocenters. The molecule has 2 N–H and O–H groups in total. The van der Waals surface area contributed by atoms with E-state index >= 15 is 0 Å². The number of hydrogen-bond donors (Lipinski definition) is 2. The molecule has 0 amide bonds. The van der Waals surface area contributed by atoms with Crippen LogP contribution in [-0.4, -0.2) is 66.2 Å². The average molecular weight is 408 g/mol. The van der Waals surface area contributed by atoms with E-state index in [1.807, 2.05) is 6.07 Å². The molecule has 1 heterocycles. The minimum atomic E-state index is -0.424. The third-order valence-electron chi connectivity index (χ3n) is 4.81. The summed E-state index contributed by atoms with van der Waals surface area (Å²) in [6, 6.07) is 5.42. The molecule has 0 spiro atoms. The van der Waals surface area contributed by atoms with Crippen LogP contribution in [0, 0.1) is 5.92 Å². The number of nitrogens with zero attached hydrogens (tertiary/aromatic N) is 1. The molecule has 0 aromatic heterocycles. The molecule has 0 aliphatic carbocycles. The molecule has 2 rings (SSSR count). The first-order valence-corrected chi connectivity index (χ1v) is 10.0. The minimum absolute atomic E-state index is 0.402. The van der Waals surface area contributed by atoms with E-state index in [2.05, 4.69) is 15.6 Å². The summed E-state index contributed by atoms with van der Waals surface area (Å²) < 4.78 is 21.2. The molecule has 0 bridgehead atoms. The molecule has 1 aliphatic heterocycles. The topological polar surface area (TPSA) is 90.4 Å². The molecule has 0 unspecified atom stereocenters. The van der Waals surface area contributed by atoms with Crippen LogP contribution >= 0.6 is 0 Å². The molecule has 1 saturated heterocycles. The summed E-state index contributed by atoms with van der Waals surface area (Å²) in [4.78, 5) is 16.1. The van der Waals surface area contributed by atoms with Crippen LogP contribution in [0.2, 0.25) is 0 Å². The fourth-order valence-electron chi connectivity index (χ4n) is 3.09. The summed E-state index contributed by atoms with van der Waals surface area (Å²) >= 11 is 0. The lowest BCUT2D eigenvalue weighted by molar-refractivity contribution is 0.0203. The first-order valence-electron chi connectivity index (χ1n) is 10.0. The van der Waals surface area contributed by atoms with Crippen molar-refractivity contribution in [2.24, 2.45) is 10.9 Å². The van der Waals surface area contributed by atoms with Crippen LogP contribution in [0.1, 0.15) is 35.2 Å². The Morgan fingerprint density at radius 3 is 2.72 bits per heavy atom. The fraction of sp³-hybridized carbons (Fsp3) is 0.619. The van der Waals surface area contributed by atoms with E-state index in [1.165, 1.54) is 14.2 Å². The van der Waals surface area contributed by atoms with Gasteiger partial charge in [-0.05, 0) is 42.9 Å². The standard InChI is InChI=1S/C21H33N3O5/c1-22-21(23-9-4-10-29-15-16-7-11-28-12-8-16)24-14-17-5-6-19(26-2)18(13-17)20(25)27-3/h5-6,13,16H,4,7-12,14-15H2,1-3H3,(H2,22,23,24). The van der Waals surface area contributed by atoms with Crippen LogP contribution in [0.3, 0.4) is 0 Å². The Morgan fingerprint density at radius 1 is 1.24 bits per heavy atom. The van der Waals surface area contributed by atoms with Gasteiger partial charge in [0.1, 0.15) is 11.3 Å². The van der Waals surface area contributed by atoms with Gasteiger partial charge in [0, 0.05) is 46.6 Å². The Bertz CT molecular complexity index is 660. The van der Waals surface area contributed by atoms with Crippen molar-refractivity contribution in [1.82, 2.24) is 10.6 Å². The van der Waals surface area contributed by atoms with Gasteiger partial charge in [0.05, 0.1) is 14.2 Å². The van der Waals surface area contributed by atoms with E-state index in [-0.39, 0.29) is 0 Å². The highest BCUT2D eigenvalue weighted by molar-refractivity contribution is 5.92. The van der Waals surface area contributed by atoms with Crippen molar-refractivity contribution in [3.05, 3.63) is 29.3 Å². The van der Waals surface area contributed by atoms with Crippen LogP contribution in [0.25, 0.3) is 0 Å². The Balaban J connectivity index is 1.68. The van der Waals surface area contributed by atoms with Gasteiger partial charge in [0.2, 0.25) is 0 Å². The second-order valence-corrected chi connectivity index (χ2v) is 6.86. The van der Waals surface area contributed by atoms with E-state index < -0.39 is 5.97 Å². The number of carbonyl (C=O) groups is 1. The first kappa shape index (κ1) is 23.0. The van der Waals surface area contributed by atoms with Crippen LogP contribution in [-0.2, 0) is 20.8 Å². The minimum Gasteiger partial charge on any atom is -0.496 e. The van der Waals surface area contributed by atoms with Crippen LogP contribution in [0.4, 0.5) is 0 Å². The number of hydrogen-bond acceptors (Lipinski definition) is 6. The van der Waals surface area contributed by atoms with Crippen LogP contribution in [0.5, 0.6) is 5.75 Å². The van der Waals surface area contributed by atoms with E-state index in [1.54, 1.807) is 19.2 Å². The molecule has 0 saturated carbocycles. The number of nitrogens with one attached hydrogen (secondary N) is 2. The number of rotatable bonds is 10. The summed E-state index contributed by atoms with van der Waals surface area (Å²) in [6.07, 6.45) is 3.09. The van der Waals surface area contributed by atoms with Crippen molar-refractivity contribution >= 4 is 11.9 Å². The van der Waals surface area contributed by atoms with Gasteiger partial charge < -0.3 is 29.6 Å². The second-order valence-electron chi connectivity index (χ2n) is 6.86. The lowest BCUT2D eigenvalue weighted by Crippen LogP contribution is -2.37. The number of carbonyl (C=O) groups excluding carboxylic acids is 1. The molecule has 1 aliphatic rings. The van der Waals surface area contributed by atoms with E-state index in [0.29, 0.717) is 29.7 Å². The van der Waals surface area contributed by atoms with Gasteiger partial charge in [-0.15, -0.1) is 0 Å². The van der Waals surface area contributed by atoms with Gasteiger partial charge in [0.15, 0.2) is 5.96 Å². The highest BCUT2D eigenvalue weighted by atomic mass is 16.5. The smallest absolute Gasteiger partial charge is 0.341 e. The highest BCUT2D eigenvalue weighted by Crippen LogP contribution is 2.20. The van der Waals surface area contributed by atoms with Gasteiger partial charge in [-0.3, -0.25) is 4.99 Å². The Labute approximate surface area is 173 Å². The van der Waals surface area contributed by atoms with Gasteiger partial charge in [-0.1, -0.05) is 6.07 Å². The molecule has 1 fully saturated rings. The molecule has 1 aromatic carbocycles. The van der Waals surface area contributed by atoms with Gasteiger partial charge in [0.25, 0.3) is 0 Å². The van der Waals surface area contributed by atoms with Crippen molar-refractivity contribution in [1.29, 1.82) is 0 Å². The monoisotopic (exact) mass is 407 g/mol. The summed E-state index contributed by atoms with van der Waals surface area (Å²) in [5.41, 5.74) is 1.33. The zero-order chi connectivity index (χ0) is 20.9. The largest absolute Gasteiger partial charge is 0.496 e. The number of ether oxygens (including phenoxy) is 4. The third-order valence-corrected chi connectivity index (χ3v) is 4.81. The molecular weight excluding hydrogens is 374 g/mol. The molecule has 8 nitrogen and oxygen atoms in total. The SMILES string of the molecule is CN=C(NCCCOCC1CCOCC1)NCc1ccc(OC)c(C(=O)OC)c1. The van der Waals surface area contributed by atoms with Crippen molar-refractivity contribution in [3.63, 3.8) is 0 Å². The Morgan fingerprint density at radius 2 is 2.03 bits per heavy atom. The Hall–Kier alpha value is -2.32. The maximum absolute atomic E-state index is 11.9. The average Bonchev–Trinajstić information content (AvgIpc) is 2.78. The van der Waals surface area contributed by atoms with Gasteiger partial charge in [-0.25, -0.2) is 4.79 Å². The van der Waals surface area contributed by atoms with Gasteiger partial charge in [-0.2, -0.15) is 0 Å². The number of methoxy groups -OCH3 is 2. The first-order chi connectivity index (χ1) is 14.2. The summed E-state index contributed by atoms with van der Waals surface area (Å²) in [5, 5.41) is 6.51. The van der Waals surface area contributed by atoms with Crippen molar-refractivity contribution < 1.29 is 23.7 Å². The molecule has 162 valence electrons. The Kier molecular flexibility index (Phi) is 10.3. The quantitative estimate of drug-likeness (QED) is 0.265. The molecule has 1 aromatic rings.